The zero-order valence-electron chi connectivity index (χ0n) is 13.7. The van der Waals surface area contributed by atoms with Gasteiger partial charge in [-0.05, 0) is 75.1 Å². The van der Waals surface area contributed by atoms with Gasteiger partial charge in [0.15, 0.2) is 0 Å². The van der Waals surface area contributed by atoms with Crippen LogP contribution < -0.4 is 0 Å². The summed E-state index contributed by atoms with van der Waals surface area (Å²) in [6.45, 7) is 2.08. The fraction of sp³-hybridized carbons (Fsp3) is 0.0435. The van der Waals surface area contributed by atoms with Crippen LogP contribution >= 0.6 is 0 Å². The summed E-state index contributed by atoms with van der Waals surface area (Å²) in [5.74, 6) is 0. The van der Waals surface area contributed by atoms with Crippen LogP contribution in [0.3, 0.4) is 0 Å². The summed E-state index contributed by atoms with van der Waals surface area (Å²) < 4.78 is 11.3. The highest BCUT2D eigenvalue weighted by Gasteiger charge is 2.10. The molecule has 0 atom stereocenters. The molecule has 0 bridgehead atoms. The Morgan fingerprint density at radius 2 is 1.28 bits per heavy atom. The summed E-state index contributed by atoms with van der Waals surface area (Å²) in [4.78, 5) is 0. The molecule has 0 saturated heterocycles. The Hall–Kier alpha value is -3.26. The quantitative estimate of drug-likeness (QED) is 0.283. The van der Waals surface area contributed by atoms with E-state index in [4.69, 9.17) is 8.83 Å². The van der Waals surface area contributed by atoms with Gasteiger partial charge in [0, 0.05) is 10.8 Å². The van der Waals surface area contributed by atoms with E-state index in [0.717, 1.165) is 16.6 Å². The zero-order valence-corrected chi connectivity index (χ0v) is 13.7. The minimum atomic E-state index is 0.928. The zero-order chi connectivity index (χ0) is 16.5. The molecule has 0 aliphatic carbocycles. The fourth-order valence-corrected chi connectivity index (χ4v) is 3.98. The molecule has 0 radical (unpaired) electrons. The summed E-state index contributed by atoms with van der Waals surface area (Å²) in [5.41, 5.74) is 3.05. The largest absolute Gasteiger partial charge is 0.464 e. The van der Waals surface area contributed by atoms with Gasteiger partial charge >= 0.3 is 0 Å². The van der Waals surface area contributed by atoms with Crippen LogP contribution in [-0.2, 0) is 0 Å². The van der Waals surface area contributed by atoms with E-state index in [9.17, 15) is 0 Å². The normalized spacial score (nSPS) is 12.2. The number of aryl methyl sites for hydroxylation is 1. The van der Waals surface area contributed by atoms with Crippen LogP contribution in [0.15, 0.2) is 76.0 Å². The van der Waals surface area contributed by atoms with Gasteiger partial charge in [0.05, 0.1) is 12.5 Å². The fourth-order valence-electron chi connectivity index (χ4n) is 3.98. The van der Waals surface area contributed by atoms with Crippen molar-refractivity contribution >= 4 is 54.3 Å². The van der Waals surface area contributed by atoms with Gasteiger partial charge in [0.1, 0.15) is 11.2 Å². The molecule has 0 amide bonds. The molecule has 0 saturated carbocycles. The lowest BCUT2D eigenvalue weighted by Gasteiger charge is -2.08. The van der Waals surface area contributed by atoms with Gasteiger partial charge in [-0.15, -0.1) is 0 Å². The van der Waals surface area contributed by atoms with Crippen molar-refractivity contribution < 1.29 is 8.83 Å². The van der Waals surface area contributed by atoms with E-state index in [0.29, 0.717) is 0 Å². The minimum Gasteiger partial charge on any atom is -0.464 e. The molecule has 0 aliphatic rings. The lowest BCUT2D eigenvalue weighted by Crippen LogP contribution is -1.81. The maximum atomic E-state index is 5.73. The molecule has 0 unspecified atom stereocenters. The van der Waals surface area contributed by atoms with Crippen LogP contribution in [0.1, 0.15) is 5.56 Å². The molecular formula is C23H14O2. The lowest BCUT2D eigenvalue weighted by molar-refractivity contribution is 0.613. The Bertz CT molecular complexity index is 1450. The SMILES string of the molecule is Cc1coc2cc3c(ccc4c5cc6occc6cc5ccc34)cc12. The van der Waals surface area contributed by atoms with Crippen LogP contribution in [0, 0.1) is 6.92 Å². The van der Waals surface area contributed by atoms with E-state index in [1.807, 2.05) is 12.3 Å². The molecule has 2 nitrogen and oxygen atoms in total. The van der Waals surface area contributed by atoms with Crippen molar-refractivity contribution in [2.24, 2.45) is 0 Å². The average molecular weight is 322 g/mol. The van der Waals surface area contributed by atoms with Gasteiger partial charge in [-0.2, -0.15) is 0 Å². The molecule has 118 valence electrons. The van der Waals surface area contributed by atoms with Crippen LogP contribution in [0.4, 0.5) is 0 Å². The first-order chi connectivity index (χ1) is 12.3. The van der Waals surface area contributed by atoms with E-state index in [1.165, 1.54) is 43.3 Å². The first kappa shape index (κ1) is 13.1. The van der Waals surface area contributed by atoms with Crippen molar-refractivity contribution in [1.29, 1.82) is 0 Å². The second-order valence-electron chi connectivity index (χ2n) is 6.75. The molecule has 0 N–H and O–H groups in total. The van der Waals surface area contributed by atoms with Gasteiger partial charge in [-0.25, -0.2) is 0 Å². The second kappa shape index (κ2) is 4.42. The molecule has 0 aliphatic heterocycles. The van der Waals surface area contributed by atoms with Gasteiger partial charge in [-0.3, -0.25) is 0 Å². The van der Waals surface area contributed by atoms with Gasteiger partial charge < -0.3 is 8.83 Å². The van der Waals surface area contributed by atoms with E-state index in [-0.39, 0.29) is 0 Å². The minimum absolute atomic E-state index is 0.928. The molecule has 0 fully saturated rings. The van der Waals surface area contributed by atoms with Crippen LogP contribution in [0.25, 0.3) is 54.3 Å². The number of hydrogen-bond acceptors (Lipinski definition) is 2. The first-order valence-corrected chi connectivity index (χ1v) is 8.42. The van der Waals surface area contributed by atoms with Gasteiger partial charge in [0.2, 0.25) is 0 Å². The predicted octanol–water partition coefficient (Wildman–Crippen LogP) is 6.95. The van der Waals surface area contributed by atoms with E-state index in [1.54, 1.807) is 6.26 Å². The summed E-state index contributed by atoms with van der Waals surface area (Å²) in [7, 11) is 0. The predicted molar refractivity (Wildman–Crippen MR) is 103 cm³/mol. The molecule has 2 heteroatoms. The van der Waals surface area contributed by atoms with E-state index in [2.05, 4.69) is 55.5 Å². The Morgan fingerprint density at radius 3 is 2.08 bits per heavy atom. The van der Waals surface area contributed by atoms with Crippen LogP contribution in [0.5, 0.6) is 0 Å². The molecule has 2 heterocycles. The second-order valence-corrected chi connectivity index (χ2v) is 6.75. The topological polar surface area (TPSA) is 26.3 Å². The Kier molecular flexibility index (Phi) is 2.31. The van der Waals surface area contributed by atoms with Crippen molar-refractivity contribution in [2.45, 2.75) is 6.92 Å². The van der Waals surface area contributed by atoms with Gasteiger partial charge in [0.25, 0.3) is 0 Å². The van der Waals surface area contributed by atoms with E-state index < -0.39 is 0 Å². The van der Waals surface area contributed by atoms with Gasteiger partial charge in [-0.1, -0.05) is 24.3 Å². The van der Waals surface area contributed by atoms with Crippen LogP contribution in [-0.4, -0.2) is 0 Å². The molecule has 6 rings (SSSR count). The number of fused-ring (bicyclic) bond motifs is 7. The van der Waals surface area contributed by atoms with E-state index >= 15 is 0 Å². The maximum absolute atomic E-state index is 5.73. The summed E-state index contributed by atoms with van der Waals surface area (Å²) in [6, 6.07) is 19.6. The third-order valence-electron chi connectivity index (χ3n) is 5.29. The Labute approximate surface area is 143 Å². The molecule has 6 aromatic rings. The first-order valence-electron chi connectivity index (χ1n) is 8.42. The number of benzene rings is 4. The Morgan fingerprint density at radius 1 is 0.560 bits per heavy atom. The van der Waals surface area contributed by atoms with Crippen molar-refractivity contribution in [3.8, 4) is 0 Å². The number of furan rings is 2. The third-order valence-corrected chi connectivity index (χ3v) is 5.29. The third kappa shape index (κ3) is 1.69. The summed E-state index contributed by atoms with van der Waals surface area (Å²) in [5, 5.41) is 9.72. The average Bonchev–Trinajstić information content (AvgIpc) is 3.24. The monoisotopic (exact) mass is 322 g/mol. The van der Waals surface area contributed by atoms with Crippen LogP contribution in [0.2, 0.25) is 0 Å². The number of rotatable bonds is 0. The smallest absolute Gasteiger partial charge is 0.134 e. The Balaban J connectivity index is 1.82. The summed E-state index contributed by atoms with van der Waals surface area (Å²) >= 11 is 0. The van der Waals surface area contributed by atoms with Crippen molar-refractivity contribution in [3.05, 3.63) is 72.7 Å². The number of hydrogen-bond donors (Lipinski definition) is 0. The highest BCUT2D eigenvalue weighted by Crippen LogP contribution is 2.36. The maximum Gasteiger partial charge on any atom is 0.134 e. The summed E-state index contributed by atoms with van der Waals surface area (Å²) in [6.07, 6.45) is 3.58. The highest BCUT2D eigenvalue weighted by molar-refractivity contribution is 6.20. The van der Waals surface area contributed by atoms with Crippen molar-refractivity contribution in [3.63, 3.8) is 0 Å². The molecule has 25 heavy (non-hydrogen) atoms. The van der Waals surface area contributed by atoms with Crippen molar-refractivity contribution in [1.82, 2.24) is 0 Å². The standard InChI is InChI=1S/C23H14O2/c1-13-12-25-23-11-21-15(9-19(13)23)3-5-17-18(21)4-2-14-8-16-6-7-24-22(16)10-20(14)17/h2-12H,1H3. The lowest BCUT2D eigenvalue weighted by atomic mass is 9.95. The molecule has 2 aromatic heterocycles. The highest BCUT2D eigenvalue weighted by atomic mass is 16.3. The molecular weight excluding hydrogens is 308 g/mol. The molecule has 0 spiro atoms. The van der Waals surface area contributed by atoms with Crippen molar-refractivity contribution in [2.75, 3.05) is 0 Å². The molecule has 4 aromatic carbocycles.